The van der Waals surface area contributed by atoms with E-state index in [0.29, 0.717) is 32.9 Å². The molecule has 0 aliphatic carbocycles. The first-order valence-electron chi connectivity index (χ1n) is 10.5. The molecule has 0 amide bonds. The lowest BCUT2D eigenvalue weighted by Gasteiger charge is -2.23. The van der Waals surface area contributed by atoms with Crippen LogP contribution in [0.25, 0.3) is 16.8 Å². The van der Waals surface area contributed by atoms with E-state index in [1.165, 1.54) is 0 Å². The molecule has 3 aromatic rings. The van der Waals surface area contributed by atoms with E-state index in [9.17, 15) is 5.11 Å². The van der Waals surface area contributed by atoms with Gasteiger partial charge in [0.2, 0.25) is 0 Å². The Labute approximate surface area is 191 Å². The van der Waals surface area contributed by atoms with Gasteiger partial charge in [-0.3, -0.25) is 0 Å². The number of aryl methyl sites for hydroxylation is 2. The minimum Gasteiger partial charge on any atom is -0.392 e. The Hall–Kier alpha value is -1.90. The molecule has 9 heteroatoms. The van der Waals surface area contributed by atoms with Crippen LogP contribution in [0, 0.1) is 13.8 Å². The van der Waals surface area contributed by atoms with Crippen LogP contribution in [0.2, 0.25) is 10.0 Å². The highest BCUT2D eigenvalue weighted by Gasteiger charge is 2.21. The number of anilines is 1. The second-order valence-electron chi connectivity index (χ2n) is 7.84. The third kappa shape index (κ3) is 4.81. The minimum atomic E-state index is -0.124. The lowest BCUT2D eigenvalue weighted by molar-refractivity contribution is 0.0784. The van der Waals surface area contributed by atoms with Crippen LogP contribution in [0.3, 0.4) is 0 Å². The molecule has 1 aromatic carbocycles. The fourth-order valence-electron chi connectivity index (χ4n) is 3.99. The van der Waals surface area contributed by atoms with Gasteiger partial charge in [0.05, 0.1) is 27.9 Å². The molecule has 1 aliphatic rings. The van der Waals surface area contributed by atoms with Crippen LogP contribution in [0.15, 0.2) is 18.2 Å². The van der Waals surface area contributed by atoms with Crippen molar-refractivity contribution in [2.75, 3.05) is 31.6 Å². The van der Waals surface area contributed by atoms with E-state index in [4.69, 9.17) is 38.0 Å². The number of rotatable bonds is 7. The van der Waals surface area contributed by atoms with E-state index in [1.807, 2.05) is 19.9 Å². The summed E-state index contributed by atoms with van der Waals surface area (Å²) < 4.78 is 7.22. The summed E-state index contributed by atoms with van der Waals surface area (Å²) in [4.78, 5) is 4.72. The number of aliphatic hydroxyl groups excluding tert-OH is 1. The predicted octanol–water partition coefficient (Wildman–Crippen LogP) is 3.99. The molecular formula is C22H27Cl2N5O2. The van der Waals surface area contributed by atoms with Crippen LogP contribution < -0.4 is 10.6 Å². The Morgan fingerprint density at radius 1 is 1.10 bits per heavy atom. The molecule has 0 radical (unpaired) electrons. The number of nitrogens with one attached hydrogen (secondary N) is 2. The summed E-state index contributed by atoms with van der Waals surface area (Å²) in [6, 6.07) is 5.94. The van der Waals surface area contributed by atoms with E-state index >= 15 is 0 Å². The number of ether oxygens (including phenoxy) is 1. The zero-order chi connectivity index (χ0) is 22.0. The standard InChI is InChI=1S/C22H27Cl2N5O2/c1-13-9-19(26-6-5-25-16-3-7-31-8-4-16)29-22(27-13)20(14(2)28-29)21-17(23)10-15(12-30)11-18(21)24/h9-11,16,25-26,30H,3-8,12H2,1-2H3. The van der Waals surface area contributed by atoms with Gasteiger partial charge in [-0.25, -0.2) is 4.98 Å². The molecule has 1 fully saturated rings. The summed E-state index contributed by atoms with van der Waals surface area (Å²) in [7, 11) is 0. The SMILES string of the molecule is Cc1cc(NCCNC2CCOCC2)n2nc(C)c(-c3c(Cl)cc(CO)cc3Cl)c2n1. The summed E-state index contributed by atoms with van der Waals surface area (Å²) in [5, 5.41) is 22.1. The van der Waals surface area contributed by atoms with Gasteiger partial charge in [-0.15, -0.1) is 0 Å². The molecular weight excluding hydrogens is 437 g/mol. The van der Waals surface area contributed by atoms with Gasteiger partial charge in [0, 0.05) is 49.7 Å². The number of aromatic nitrogens is 3. The summed E-state index contributed by atoms with van der Waals surface area (Å²) >= 11 is 13.1. The van der Waals surface area contributed by atoms with E-state index in [-0.39, 0.29) is 6.61 Å². The Balaban J connectivity index is 1.61. The largest absolute Gasteiger partial charge is 0.392 e. The zero-order valence-electron chi connectivity index (χ0n) is 17.7. The molecule has 4 rings (SSSR count). The van der Waals surface area contributed by atoms with Crippen molar-refractivity contribution in [3.8, 4) is 11.1 Å². The number of fused-ring (bicyclic) bond motifs is 1. The fraction of sp³-hybridized carbons (Fsp3) is 0.455. The van der Waals surface area contributed by atoms with Crippen molar-refractivity contribution in [1.29, 1.82) is 0 Å². The van der Waals surface area contributed by atoms with E-state index in [2.05, 4.69) is 10.6 Å². The molecule has 3 N–H and O–H groups in total. The number of halogens is 2. The first-order chi connectivity index (χ1) is 15.0. The van der Waals surface area contributed by atoms with Crippen LogP contribution in [-0.4, -0.2) is 52.0 Å². The molecule has 3 heterocycles. The van der Waals surface area contributed by atoms with Gasteiger partial charge in [-0.05, 0) is 44.4 Å². The average molecular weight is 464 g/mol. The van der Waals surface area contributed by atoms with Crippen molar-refractivity contribution in [2.24, 2.45) is 0 Å². The number of hydrogen-bond donors (Lipinski definition) is 3. The minimum absolute atomic E-state index is 0.124. The van der Waals surface area contributed by atoms with Crippen molar-refractivity contribution in [2.45, 2.75) is 39.3 Å². The second kappa shape index (κ2) is 9.71. The number of hydrogen-bond acceptors (Lipinski definition) is 6. The monoisotopic (exact) mass is 463 g/mol. The van der Waals surface area contributed by atoms with Crippen LogP contribution in [0.1, 0.15) is 29.8 Å². The highest BCUT2D eigenvalue weighted by Crippen LogP contribution is 2.40. The first kappa shape index (κ1) is 22.3. The molecule has 0 spiro atoms. The smallest absolute Gasteiger partial charge is 0.165 e. The van der Waals surface area contributed by atoms with Crippen molar-refractivity contribution < 1.29 is 9.84 Å². The Bertz CT molecular complexity index is 1060. The molecule has 2 aromatic heterocycles. The number of nitrogens with zero attached hydrogens (tertiary/aromatic N) is 3. The van der Waals surface area contributed by atoms with Crippen molar-refractivity contribution in [3.05, 3.63) is 45.2 Å². The topological polar surface area (TPSA) is 83.7 Å². The quantitative estimate of drug-likeness (QED) is 0.459. The summed E-state index contributed by atoms with van der Waals surface area (Å²) in [6.07, 6.45) is 2.10. The zero-order valence-corrected chi connectivity index (χ0v) is 19.2. The maximum absolute atomic E-state index is 9.43. The van der Waals surface area contributed by atoms with E-state index < -0.39 is 0 Å². The fourth-order valence-corrected chi connectivity index (χ4v) is 4.71. The average Bonchev–Trinajstić information content (AvgIpc) is 3.07. The Kier molecular flexibility index (Phi) is 6.99. The molecule has 7 nitrogen and oxygen atoms in total. The molecule has 166 valence electrons. The maximum Gasteiger partial charge on any atom is 0.165 e. The third-order valence-corrected chi connectivity index (χ3v) is 6.11. The highest BCUT2D eigenvalue weighted by atomic mass is 35.5. The molecule has 1 saturated heterocycles. The van der Waals surface area contributed by atoms with Gasteiger partial charge >= 0.3 is 0 Å². The van der Waals surface area contributed by atoms with Crippen LogP contribution in [0.4, 0.5) is 5.82 Å². The summed E-state index contributed by atoms with van der Waals surface area (Å²) in [5.41, 5.74) is 4.48. The lowest BCUT2D eigenvalue weighted by Crippen LogP contribution is -2.37. The van der Waals surface area contributed by atoms with Crippen molar-refractivity contribution >= 4 is 34.7 Å². The molecule has 0 saturated carbocycles. The maximum atomic E-state index is 9.43. The van der Waals surface area contributed by atoms with Gasteiger partial charge in [0.15, 0.2) is 5.65 Å². The second-order valence-corrected chi connectivity index (χ2v) is 8.65. The molecule has 0 unspecified atom stereocenters. The molecule has 1 aliphatic heterocycles. The van der Waals surface area contributed by atoms with Gasteiger partial charge in [-0.2, -0.15) is 9.61 Å². The van der Waals surface area contributed by atoms with Crippen LogP contribution in [0.5, 0.6) is 0 Å². The Morgan fingerprint density at radius 2 is 1.81 bits per heavy atom. The normalized spacial score (nSPS) is 15.0. The van der Waals surface area contributed by atoms with Crippen molar-refractivity contribution in [3.63, 3.8) is 0 Å². The third-order valence-electron chi connectivity index (χ3n) is 5.51. The van der Waals surface area contributed by atoms with E-state index in [1.54, 1.807) is 16.6 Å². The highest BCUT2D eigenvalue weighted by molar-refractivity contribution is 6.39. The summed E-state index contributed by atoms with van der Waals surface area (Å²) in [6.45, 7) is 7.01. The van der Waals surface area contributed by atoms with Crippen LogP contribution >= 0.6 is 23.2 Å². The van der Waals surface area contributed by atoms with Gasteiger partial charge in [0.1, 0.15) is 5.82 Å². The van der Waals surface area contributed by atoms with Gasteiger partial charge in [-0.1, -0.05) is 23.2 Å². The number of aliphatic hydroxyl groups is 1. The lowest BCUT2D eigenvalue weighted by atomic mass is 10.0. The van der Waals surface area contributed by atoms with E-state index in [0.717, 1.165) is 61.9 Å². The summed E-state index contributed by atoms with van der Waals surface area (Å²) in [5.74, 6) is 0.866. The number of benzene rings is 1. The molecule has 0 atom stereocenters. The van der Waals surface area contributed by atoms with Gasteiger partial charge in [0.25, 0.3) is 0 Å². The molecule has 31 heavy (non-hydrogen) atoms. The van der Waals surface area contributed by atoms with Crippen LogP contribution in [-0.2, 0) is 11.3 Å². The molecule has 0 bridgehead atoms. The first-order valence-corrected chi connectivity index (χ1v) is 11.2. The van der Waals surface area contributed by atoms with Crippen molar-refractivity contribution in [1.82, 2.24) is 19.9 Å². The predicted molar refractivity (Wildman–Crippen MR) is 124 cm³/mol. The Morgan fingerprint density at radius 3 is 2.48 bits per heavy atom. The van der Waals surface area contributed by atoms with Gasteiger partial charge < -0.3 is 20.5 Å².